The van der Waals surface area contributed by atoms with Crippen molar-refractivity contribution in [1.29, 1.82) is 0 Å². The van der Waals surface area contributed by atoms with Crippen molar-refractivity contribution >= 4 is 28.8 Å². The van der Waals surface area contributed by atoms with Gasteiger partial charge in [0, 0.05) is 10.6 Å². The van der Waals surface area contributed by atoms with Gasteiger partial charge in [0.05, 0.1) is 0 Å². The second-order valence-corrected chi connectivity index (χ2v) is 5.24. The maximum absolute atomic E-state index is 12.0. The Kier molecular flexibility index (Phi) is 4.91. The second-order valence-electron chi connectivity index (χ2n) is 4.26. The molecular weight excluding hydrogens is 290 g/mol. The van der Waals surface area contributed by atoms with Crippen LogP contribution in [0.25, 0.3) is 0 Å². The minimum atomic E-state index is -0.698. The monoisotopic (exact) mass is 305 g/mol. The van der Waals surface area contributed by atoms with E-state index in [2.05, 4.69) is 5.32 Å². The second kappa shape index (κ2) is 6.87. The van der Waals surface area contributed by atoms with Gasteiger partial charge in [-0.3, -0.25) is 9.59 Å². The Hall–Kier alpha value is -2.38. The number of anilines is 1. The first-order chi connectivity index (χ1) is 10.1. The number of ether oxygens (including phenoxy) is 1. The van der Waals surface area contributed by atoms with Crippen molar-refractivity contribution in [3.8, 4) is 5.75 Å². The van der Waals surface area contributed by atoms with E-state index in [0.717, 1.165) is 4.88 Å². The topological polar surface area (TPSA) is 107 Å². The lowest BCUT2D eigenvalue weighted by atomic mass is 10.2. The molecule has 0 spiro atoms. The highest BCUT2D eigenvalue weighted by atomic mass is 32.1. The average Bonchev–Trinajstić information content (AvgIpc) is 2.99. The Morgan fingerprint density at radius 2 is 1.95 bits per heavy atom. The summed E-state index contributed by atoms with van der Waals surface area (Å²) in [6, 6.07) is 9.55. The van der Waals surface area contributed by atoms with E-state index < -0.39 is 11.9 Å². The summed E-state index contributed by atoms with van der Waals surface area (Å²) < 4.78 is 5.12. The van der Waals surface area contributed by atoms with Gasteiger partial charge in [0.1, 0.15) is 11.8 Å². The van der Waals surface area contributed by atoms with E-state index in [-0.39, 0.29) is 12.5 Å². The zero-order valence-corrected chi connectivity index (χ0v) is 11.9. The molecule has 0 aliphatic carbocycles. The van der Waals surface area contributed by atoms with E-state index in [1.165, 1.54) is 11.3 Å². The number of hydrogen-bond acceptors (Lipinski definition) is 5. The molecule has 1 atom stereocenters. The van der Waals surface area contributed by atoms with Crippen LogP contribution in [0.2, 0.25) is 0 Å². The molecule has 0 fully saturated rings. The van der Waals surface area contributed by atoms with E-state index in [0.29, 0.717) is 11.4 Å². The van der Waals surface area contributed by atoms with Gasteiger partial charge >= 0.3 is 0 Å². The maximum atomic E-state index is 12.0. The maximum Gasteiger partial charge on any atom is 0.255 e. The van der Waals surface area contributed by atoms with Gasteiger partial charge in [-0.1, -0.05) is 6.07 Å². The molecule has 0 saturated heterocycles. The van der Waals surface area contributed by atoms with Crippen molar-refractivity contribution in [2.75, 3.05) is 11.9 Å². The molecular formula is C14H15N3O3S. The summed E-state index contributed by atoms with van der Waals surface area (Å²) >= 11 is 1.43. The number of thiophene rings is 1. The normalized spacial score (nSPS) is 11.7. The van der Waals surface area contributed by atoms with Gasteiger partial charge in [-0.2, -0.15) is 0 Å². The summed E-state index contributed by atoms with van der Waals surface area (Å²) in [6.07, 6.45) is 0. The van der Waals surface area contributed by atoms with Crippen molar-refractivity contribution in [2.24, 2.45) is 11.5 Å². The van der Waals surface area contributed by atoms with Crippen LogP contribution in [-0.4, -0.2) is 18.4 Å². The van der Waals surface area contributed by atoms with Gasteiger partial charge in [0.15, 0.2) is 6.61 Å². The first-order valence-corrected chi connectivity index (χ1v) is 7.05. The van der Waals surface area contributed by atoms with Crippen molar-refractivity contribution in [2.45, 2.75) is 6.04 Å². The first kappa shape index (κ1) is 15.0. The third kappa shape index (κ3) is 4.30. The van der Waals surface area contributed by atoms with Crippen molar-refractivity contribution in [3.05, 3.63) is 46.7 Å². The van der Waals surface area contributed by atoms with E-state index >= 15 is 0 Å². The number of nitrogens with one attached hydrogen (secondary N) is 1. The number of rotatable bonds is 6. The molecule has 0 aliphatic rings. The van der Waals surface area contributed by atoms with Crippen LogP contribution in [0.1, 0.15) is 10.9 Å². The largest absolute Gasteiger partial charge is 0.484 e. The Labute approximate surface area is 125 Å². The molecule has 0 radical (unpaired) electrons. The van der Waals surface area contributed by atoms with E-state index in [1.54, 1.807) is 24.3 Å². The quantitative estimate of drug-likeness (QED) is 0.746. The highest BCUT2D eigenvalue weighted by Gasteiger charge is 2.16. The summed E-state index contributed by atoms with van der Waals surface area (Å²) in [5.41, 5.74) is 11.4. The highest BCUT2D eigenvalue weighted by molar-refractivity contribution is 7.10. The molecule has 1 aromatic heterocycles. The summed E-state index contributed by atoms with van der Waals surface area (Å²) in [4.78, 5) is 23.4. The molecule has 1 heterocycles. The summed E-state index contributed by atoms with van der Waals surface area (Å²) in [5.74, 6) is -0.341. The molecule has 0 bridgehead atoms. The molecule has 21 heavy (non-hydrogen) atoms. The minimum Gasteiger partial charge on any atom is -0.484 e. The van der Waals surface area contributed by atoms with Crippen LogP contribution in [0, 0.1) is 0 Å². The van der Waals surface area contributed by atoms with Crippen LogP contribution < -0.4 is 21.5 Å². The molecule has 5 N–H and O–H groups in total. The van der Waals surface area contributed by atoms with Crippen LogP contribution in [0.5, 0.6) is 5.75 Å². The smallest absolute Gasteiger partial charge is 0.255 e. The van der Waals surface area contributed by atoms with Gasteiger partial charge in [0.2, 0.25) is 5.91 Å². The van der Waals surface area contributed by atoms with Gasteiger partial charge < -0.3 is 21.5 Å². The van der Waals surface area contributed by atoms with Gasteiger partial charge in [0.25, 0.3) is 5.91 Å². The standard InChI is InChI=1S/C14H15N3O3S/c15-12(18)8-20-10-5-3-9(4-6-10)17-14(19)13(16)11-2-1-7-21-11/h1-7,13H,8,16H2,(H2,15,18)(H,17,19). The first-order valence-electron chi connectivity index (χ1n) is 6.17. The number of benzene rings is 1. The molecule has 2 rings (SSSR count). The zero-order chi connectivity index (χ0) is 15.2. The van der Waals surface area contributed by atoms with Crippen LogP contribution in [0.3, 0.4) is 0 Å². The third-order valence-corrected chi connectivity index (χ3v) is 3.59. The lowest BCUT2D eigenvalue weighted by Crippen LogP contribution is -2.26. The van der Waals surface area contributed by atoms with Gasteiger partial charge in [-0.15, -0.1) is 11.3 Å². The summed E-state index contributed by atoms with van der Waals surface area (Å²) in [7, 11) is 0. The number of primary amides is 1. The van der Waals surface area contributed by atoms with Crippen LogP contribution in [0.4, 0.5) is 5.69 Å². The fourth-order valence-electron chi connectivity index (χ4n) is 1.61. The predicted molar refractivity (Wildman–Crippen MR) is 81.0 cm³/mol. The van der Waals surface area contributed by atoms with Crippen molar-refractivity contribution in [1.82, 2.24) is 0 Å². The molecule has 110 valence electrons. The molecule has 1 aromatic carbocycles. The fourth-order valence-corrected chi connectivity index (χ4v) is 2.33. The molecule has 0 saturated carbocycles. The average molecular weight is 305 g/mol. The fraction of sp³-hybridized carbons (Fsp3) is 0.143. The van der Waals surface area contributed by atoms with Gasteiger partial charge in [-0.25, -0.2) is 0 Å². The zero-order valence-electron chi connectivity index (χ0n) is 11.1. The number of carbonyl (C=O) groups excluding carboxylic acids is 2. The SMILES string of the molecule is NC(=O)COc1ccc(NC(=O)C(N)c2cccs2)cc1. The van der Waals surface area contributed by atoms with Crippen molar-refractivity contribution in [3.63, 3.8) is 0 Å². The molecule has 7 heteroatoms. The molecule has 1 unspecified atom stereocenters. The molecule has 6 nitrogen and oxygen atoms in total. The summed E-state index contributed by atoms with van der Waals surface area (Å²) in [6.45, 7) is -0.186. The highest BCUT2D eigenvalue weighted by Crippen LogP contribution is 2.20. The summed E-state index contributed by atoms with van der Waals surface area (Å²) in [5, 5.41) is 4.59. The van der Waals surface area contributed by atoms with Crippen LogP contribution in [-0.2, 0) is 9.59 Å². The Morgan fingerprint density at radius 3 is 2.52 bits per heavy atom. The number of carbonyl (C=O) groups is 2. The minimum absolute atomic E-state index is 0.186. The Morgan fingerprint density at radius 1 is 1.24 bits per heavy atom. The number of nitrogens with two attached hydrogens (primary N) is 2. The van der Waals surface area contributed by atoms with Gasteiger partial charge in [-0.05, 0) is 35.7 Å². The van der Waals surface area contributed by atoms with Crippen LogP contribution in [0.15, 0.2) is 41.8 Å². The molecule has 2 amide bonds. The lowest BCUT2D eigenvalue weighted by molar-refractivity contribution is -0.120. The van der Waals surface area contributed by atoms with E-state index in [1.807, 2.05) is 17.5 Å². The Bertz CT molecular complexity index is 611. The number of hydrogen-bond donors (Lipinski definition) is 3. The lowest BCUT2D eigenvalue weighted by Gasteiger charge is -2.11. The number of amides is 2. The van der Waals surface area contributed by atoms with E-state index in [4.69, 9.17) is 16.2 Å². The van der Waals surface area contributed by atoms with Crippen LogP contribution >= 0.6 is 11.3 Å². The molecule has 0 aliphatic heterocycles. The predicted octanol–water partition coefficient (Wildman–Crippen LogP) is 1.25. The third-order valence-electron chi connectivity index (χ3n) is 2.64. The Balaban J connectivity index is 1.93. The van der Waals surface area contributed by atoms with Crippen molar-refractivity contribution < 1.29 is 14.3 Å². The van der Waals surface area contributed by atoms with E-state index in [9.17, 15) is 9.59 Å². The molecule has 2 aromatic rings.